The maximum Gasteiger partial charge on any atom is 0.457 e. The first-order valence-electron chi connectivity index (χ1n) is 6.11. The van der Waals surface area contributed by atoms with Crippen LogP contribution in [0.5, 0.6) is 5.75 Å². The van der Waals surface area contributed by atoms with Gasteiger partial charge in [-0.1, -0.05) is 29.8 Å². The van der Waals surface area contributed by atoms with E-state index in [2.05, 4.69) is 15.9 Å². The van der Waals surface area contributed by atoms with Gasteiger partial charge in [0.2, 0.25) is 0 Å². The summed E-state index contributed by atoms with van der Waals surface area (Å²) < 4.78 is 69.5. The van der Waals surface area contributed by atoms with Crippen LogP contribution in [-0.2, 0) is 0 Å². The fraction of sp³-hybridized carbons (Fsp3) is 0.538. The molecule has 0 aromatic heterocycles. The Balaban J connectivity index is 3.14. The average molecular weight is 376 g/mol. The van der Waals surface area contributed by atoms with E-state index in [1.54, 1.807) is 19.9 Å². The summed E-state index contributed by atoms with van der Waals surface area (Å²) in [6.07, 6.45) is -8.19. The lowest BCUT2D eigenvalue weighted by atomic mass is 10.0. The number of nitrogens with two attached hydrogens (primary N) is 1. The summed E-state index contributed by atoms with van der Waals surface area (Å²) in [5.74, 6) is -5.17. The first-order chi connectivity index (χ1) is 9.50. The minimum absolute atomic E-state index is 0.0347. The molecule has 0 amide bonds. The van der Waals surface area contributed by atoms with Gasteiger partial charge in [0.15, 0.2) is 6.10 Å². The number of alkyl halides is 5. The highest BCUT2D eigenvalue weighted by atomic mass is 79.9. The van der Waals surface area contributed by atoms with E-state index in [4.69, 9.17) is 10.5 Å². The third-order valence-corrected chi connectivity index (χ3v) is 3.35. The molecule has 1 aromatic carbocycles. The van der Waals surface area contributed by atoms with E-state index in [0.717, 1.165) is 0 Å². The molecule has 0 fully saturated rings. The van der Waals surface area contributed by atoms with Crippen LogP contribution in [0, 0.1) is 0 Å². The van der Waals surface area contributed by atoms with E-state index in [1.807, 2.05) is 0 Å². The summed E-state index contributed by atoms with van der Waals surface area (Å²) in [5, 5.41) is 0. The van der Waals surface area contributed by atoms with E-state index < -0.39 is 24.7 Å². The number of hydrogen-bond acceptors (Lipinski definition) is 2. The van der Waals surface area contributed by atoms with Gasteiger partial charge in [-0.05, 0) is 29.7 Å². The van der Waals surface area contributed by atoms with Crippen LogP contribution in [-0.4, -0.2) is 24.7 Å². The van der Waals surface area contributed by atoms with E-state index >= 15 is 0 Å². The van der Waals surface area contributed by atoms with Gasteiger partial charge in [-0.25, -0.2) is 0 Å². The van der Waals surface area contributed by atoms with Crippen molar-refractivity contribution in [2.75, 3.05) is 6.54 Å². The number of ether oxygens (including phenoxy) is 1. The van der Waals surface area contributed by atoms with Crippen molar-refractivity contribution < 1.29 is 26.7 Å². The zero-order valence-corrected chi connectivity index (χ0v) is 12.9. The predicted molar refractivity (Wildman–Crippen MR) is 72.7 cm³/mol. The maximum absolute atomic E-state index is 13.4. The highest BCUT2D eigenvalue weighted by molar-refractivity contribution is 9.10. The Labute approximate surface area is 127 Å². The van der Waals surface area contributed by atoms with Crippen molar-refractivity contribution in [1.82, 2.24) is 0 Å². The quantitative estimate of drug-likeness (QED) is 0.770. The summed E-state index contributed by atoms with van der Waals surface area (Å²) in [4.78, 5) is 0. The normalized spacial score (nSPS) is 14.4. The SMILES string of the molecule is CC(C)c1cc(Br)ccc1OC(CN)C(F)(F)C(F)(F)F. The van der Waals surface area contributed by atoms with Gasteiger partial charge in [-0.15, -0.1) is 0 Å². The van der Waals surface area contributed by atoms with Gasteiger partial charge in [0.25, 0.3) is 0 Å². The molecule has 2 nitrogen and oxygen atoms in total. The molecule has 0 heterocycles. The zero-order chi connectivity index (χ0) is 16.4. The molecule has 0 aliphatic heterocycles. The fourth-order valence-electron chi connectivity index (χ4n) is 1.68. The lowest BCUT2D eigenvalue weighted by Gasteiger charge is -2.29. The summed E-state index contributed by atoms with van der Waals surface area (Å²) in [6, 6.07) is 4.45. The smallest absolute Gasteiger partial charge is 0.457 e. The molecule has 0 saturated carbocycles. The van der Waals surface area contributed by atoms with Gasteiger partial charge in [0, 0.05) is 11.0 Å². The third-order valence-electron chi connectivity index (χ3n) is 2.86. The van der Waals surface area contributed by atoms with Crippen molar-refractivity contribution in [3.8, 4) is 5.75 Å². The summed E-state index contributed by atoms with van der Waals surface area (Å²) in [6.45, 7) is 2.59. The second-order valence-corrected chi connectivity index (χ2v) is 5.72. The Bertz CT molecular complexity index is 490. The van der Waals surface area contributed by atoms with E-state index in [9.17, 15) is 22.0 Å². The Morgan fingerprint density at radius 3 is 2.19 bits per heavy atom. The van der Waals surface area contributed by atoms with Crippen LogP contribution in [0.4, 0.5) is 22.0 Å². The van der Waals surface area contributed by atoms with Gasteiger partial charge in [0.1, 0.15) is 5.75 Å². The molecule has 2 N–H and O–H groups in total. The highest BCUT2D eigenvalue weighted by Crippen LogP contribution is 2.40. The zero-order valence-electron chi connectivity index (χ0n) is 11.3. The Kier molecular flexibility index (Phi) is 5.60. The maximum atomic E-state index is 13.4. The second-order valence-electron chi connectivity index (χ2n) is 4.80. The molecule has 0 radical (unpaired) electrons. The molecular weight excluding hydrogens is 361 g/mol. The average Bonchev–Trinajstić information content (AvgIpc) is 2.35. The van der Waals surface area contributed by atoms with Crippen molar-refractivity contribution in [3.05, 3.63) is 28.2 Å². The molecule has 0 bridgehead atoms. The molecule has 1 aromatic rings. The number of hydrogen-bond donors (Lipinski definition) is 1. The monoisotopic (exact) mass is 375 g/mol. The number of rotatable bonds is 5. The van der Waals surface area contributed by atoms with Crippen LogP contribution in [0.1, 0.15) is 25.3 Å². The molecular formula is C13H15BrF5NO. The topological polar surface area (TPSA) is 35.2 Å². The minimum atomic E-state index is -5.72. The minimum Gasteiger partial charge on any atom is -0.482 e. The Hall–Kier alpha value is -0.890. The van der Waals surface area contributed by atoms with E-state index in [-0.39, 0.29) is 11.7 Å². The van der Waals surface area contributed by atoms with Crippen LogP contribution in [0.2, 0.25) is 0 Å². The van der Waals surface area contributed by atoms with Gasteiger partial charge in [0.05, 0.1) is 0 Å². The van der Waals surface area contributed by atoms with Gasteiger partial charge < -0.3 is 10.5 Å². The molecule has 1 unspecified atom stereocenters. The fourth-order valence-corrected chi connectivity index (χ4v) is 2.06. The lowest BCUT2D eigenvalue weighted by Crippen LogP contribution is -2.53. The highest BCUT2D eigenvalue weighted by Gasteiger charge is 2.63. The van der Waals surface area contributed by atoms with Crippen LogP contribution in [0.15, 0.2) is 22.7 Å². The van der Waals surface area contributed by atoms with E-state index in [0.29, 0.717) is 10.0 Å². The van der Waals surface area contributed by atoms with Crippen LogP contribution < -0.4 is 10.5 Å². The van der Waals surface area contributed by atoms with Crippen LogP contribution in [0.25, 0.3) is 0 Å². The van der Waals surface area contributed by atoms with Crippen LogP contribution in [0.3, 0.4) is 0 Å². The largest absolute Gasteiger partial charge is 0.482 e. The standard InChI is InChI=1S/C13H15BrF5NO/c1-7(2)9-5-8(14)3-4-10(9)21-11(6-20)12(15,16)13(17,18)19/h3-5,7,11H,6,20H2,1-2H3. The lowest BCUT2D eigenvalue weighted by molar-refractivity contribution is -0.307. The Morgan fingerprint density at radius 2 is 1.76 bits per heavy atom. The van der Waals surface area contributed by atoms with Crippen molar-refractivity contribution in [2.24, 2.45) is 5.73 Å². The summed E-state index contributed by atoms with van der Waals surface area (Å²) in [7, 11) is 0. The van der Waals surface area contributed by atoms with Gasteiger partial charge in [-0.3, -0.25) is 0 Å². The predicted octanol–water partition coefficient (Wildman–Crippen LogP) is 4.48. The number of benzene rings is 1. The first kappa shape index (κ1) is 18.2. The molecule has 0 saturated heterocycles. The molecule has 1 atom stereocenters. The van der Waals surface area contributed by atoms with Crippen molar-refractivity contribution in [3.63, 3.8) is 0 Å². The molecule has 0 aliphatic rings. The van der Waals surface area contributed by atoms with Gasteiger partial charge >= 0.3 is 12.1 Å². The van der Waals surface area contributed by atoms with E-state index in [1.165, 1.54) is 12.1 Å². The van der Waals surface area contributed by atoms with Crippen LogP contribution >= 0.6 is 15.9 Å². The molecule has 0 aliphatic carbocycles. The van der Waals surface area contributed by atoms with Crippen molar-refractivity contribution in [2.45, 2.75) is 38.0 Å². The molecule has 120 valence electrons. The molecule has 8 heteroatoms. The number of halogens is 6. The van der Waals surface area contributed by atoms with Gasteiger partial charge in [-0.2, -0.15) is 22.0 Å². The summed E-state index contributed by atoms with van der Waals surface area (Å²) in [5.41, 5.74) is 5.56. The Morgan fingerprint density at radius 1 is 1.19 bits per heavy atom. The summed E-state index contributed by atoms with van der Waals surface area (Å²) >= 11 is 3.21. The van der Waals surface area contributed by atoms with Crippen molar-refractivity contribution >= 4 is 15.9 Å². The first-order valence-corrected chi connectivity index (χ1v) is 6.90. The molecule has 1 rings (SSSR count). The van der Waals surface area contributed by atoms with Crippen molar-refractivity contribution in [1.29, 1.82) is 0 Å². The third kappa shape index (κ3) is 4.06. The second kappa shape index (κ2) is 6.48. The molecule has 21 heavy (non-hydrogen) atoms. The molecule has 0 spiro atoms.